The van der Waals surface area contributed by atoms with Crippen LogP contribution in [0, 0.1) is 25.7 Å². The highest BCUT2D eigenvalue weighted by molar-refractivity contribution is 5.97. The van der Waals surface area contributed by atoms with Gasteiger partial charge in [-0.25, -0.2) is 0 Å². The van der Waals surface area contributed by atoms with Crippen molar-refractivity contribution in [3.05, 3.63) is 41.5 Å². The Bertz CT molecular complexity index is 592. The van der Waals surface area contributed by atoms with Crippen molar-refractivity contribution in [1.82, 2.24) is 0 Å². The van der Waals surface area contributed by atoms with Gasteiger partial charge in [0, 0.05) is 12.7 Å². The molecule has 0 saturated carbocycles. The molecule has 1 aliphatic carbocycles. The van der Waals surface area contributed by atoms with Gasteiger partial charge in [-0.3, -0.25) is 9.59 Å². The van der Waals surface area contributed by atoms with E-state index in [0.29, 0.717) is 12.8 Å². The summed E-state index contributed by atoms with van der Waals surface area (Å²) in [6, 6.07) is 5.90. The molecule has 2 atom stereocenters. The highest BCUT2D eigenvalue weighted by Crippen LogP contribution is 2.30. The van der Waals surface area contributed by atoms with E-state index >= 15 is 0 Å². The number of benzene rings is 1. The molecule has 0 saturated heterocycles. The molecule has 112 valence electrons. The number of carboxylic acids is 1. The van der Waals surface area contributed by atoms with Gasteiger partial charge in [-0.2, -0.15) is 0 Å². The zero-order valence-electron chi connectivity index (χ0n) is 12.7. The first kappa shape index (κ1) is 15.3. The normalized spacial score (nSPS) is 21.1. The molecule has 4 nitrogen and oxygen atoms in total. The molecule has 21 heavy (non-hydrogen) atoms. The molecule has 0 spiro atoms. The summed E-state index contributed by atoms with van der Waals surface area (Å²) in [4.78, 5) is 25.6. The van der Waals surface area contributed by atoms with Crippen LogP contribution >= 0.6 is 0 Å². The summed E-state index contributed by atoms with van der Waals surface area (Å²) in [6.45, 7) is 3.96. The number of amides is 1. The summed E-state index contributed by atoms with van der Waals surface area (Å²) in [5.74, 6) is -2.14. The lowest BCUT2D eigenvalue weighted by Crippen LogP contribution is -2.40. The molecule has 1 aromatic rings. The molecular formula is C17H21NO3. The van der Waals surface area contributed by atoms with Gasteiger partial charge in [0.2, 0.25) is 5.91 Å². The Morgan fingerprint density at radius 1 is 1.14 bits per heavy atom. The first-order chi connectivity index (χ1) is 9.91. The van der Waals surface area contributed by atoms with E-state index < -0.39 is 17.8 Å². The van der Waals surface area contributed by atoms with E-state index in [1.807, 2.05) is 44.2 Å². The molecule has 2 unspecified atom stereocenters. The van der Waals surface area contributed by atoms with E-state index in [9.17, 15) is 14.7 Å². The average molecular weight is 287 g/mol. The van der Waals surface area contributed by atoms with Crippen molar-refractivity contribution >= 4 is 17.6 Å². The standard InChI is InChI=1S/C17H21NO3/c1-11-8-9-15(12(2)10-11)18(3)16(19)13-6-4-5-7-14(13)17(20)21/h4-5,8-10,13-14H,6-7H2,1-3H3,(H,20,21). The van der Waals surface area contributed by atoms with Crippen molar-refractivity contribution < 1.29 is 14.7 Å². The largest absolute Gasteiger partial charge is 0.481 e. The number of carbonyl (C=O) groups is 2. The second kappa shape index (κ2) is 6.12. The summed E-state index contributed by atoms with van der Waals surface area (Å²) in [6.07, 6.45) is 4.66. The predicted octanol–water partition coefficient (Wildman–Crippen LogP) is 2.93. The van der Waals surface area contributed by atoms with Crippen LogP contribution in [-0.4, -0.2) is 24.0 Å². The lowest BCUT2D eigenvalue weighted by molar-refractivity contribution is -0.146. The third-order valence-corrected chi connectivity index (χ3v) is 4.11. The minimum Gasteiger partial charge on any atom is -0.481 e. The van der Waals surface area contributed by atoms with Crippen molar-refractivity contribution in [1.29, 1.82) is 0 Å². The highest BCUT2D eigenvalue weighted by Gasteiger charge is 2.35. The number of anilines is 1. The lowest BCUT2D eigenvalue weighted by Gasteiger charge is -2.29. The Labute approximate surface area is 125 Å². The number of hydrogen-bond acceptors (Lipinski definition) is 2. The van der Waals surface area contributed by atoms with Crippen molar-refractivity contribution in [2.45, 2.75) is 26.7 Å². The third-order valence-electron chi connectivity index (χ3n) is 4.11. The number of hydrogen-bond donors (Lipinski definition) is 1. The van der Waals surface area contributed by atoms with Crippen LogP contribution in [0.3, 0.4) is 0 Å². The smallest absolute Gasteiger partial charge is 0.307 e. The molecule has 1 aromatic carbocycles. The summed E-state index contributed by atoms with van der Waals surface area (Å²) in [7, 11) is 1.72. The maximum Gasteiger partial charge on any atom is 0.307 e. The van der Waals surface area contributed by atoms with Crippen LogP contribution in [0.15, 0.2) is 30.4 Å². The van der Waals surface area contributed by atoms with E-state index in [-0.39, 0.29) is 5.91 Å². The molecule has 0 bridgehead atoms. The molecule has 4 heteroatoms. The molecule has 0 aliphatic heterocycles. The van der Waals surface area contributed by atoms with Gasteiger partial charge in [-0.05, 0) is 38.3 Å². The Balaban J connectivity index is 2.25. The number of rotatable bonds is 3. The summed E-state index contributed by atoms with van der Waals surface area (Å²) in [5, 5.41) is 9.30. The van der Waals surface area contributed by atoms with Crippen molar-refractivity contribution in [2.24, 2.45) is 11.8 Å². The van der Waals surface area contributed by atoms with Crippen LogP contribution in [0.25, 0.3) is 0 Å². The fourth-order valence-electron chi connectivity index (χ4n) is 2.91. The molecule has 1 amide bonds. The second-order valence-corrected chi connectivity index (χ2v) is 5.68. The van der Waals surface area contributed by atoms with Crippen molar-refractivity contribution in [3.8, 4) is 0 Å². The maximum absolute atomic E-state index is 12.7. The van der Waals surface area contributed by atoms with Crippen LogP contribution < -0.4 is 4.90 Å². The van der Waals surface area contributed by atoms with Gasteiger partial charge in [0.25, 0.3) is 0 Å². The number of carboxylic acid groups (broad SMARTS) is 1. The molecule has 0 aromatic heterocycles. The van der Waals surface area contributed by atoms with Crippen molar-refractivity contribution in [2.75, 3.05) is 11.9 Å². The van der Waals surface area contributed by atoms with Gasteiger partial charge in [-0.15, -0.1) is 0 Å². The van der Waals surface area contributed by atoms with Gasteiger partial charge in [-0.1, -0.05) is 29.8 Å². The first-order valence-electron chi connectivity index (χ1n) is 7.14. The molecule has 1 N–H and O–H groups in total. The molecule has 0 heterocycles. The SMILES string of the molecule is Cc1ccc(N(C)C(=O)C2CC=CCC2C(=O)O)c(C)c1. The fourth-order valence-corrected chi connectivity index (χ4v) is 2.91. The monoisotopic (exact) mass is 287 g/mol. The Morgan fingerprint density at radius 3 is 2.33 bits per heavy atom. The van der Waals surface area contributed by atoms with Crippen LogP contribution in [0.1, 0.15) is 24.0 Å². The highest BCUT2D eigenvalue weighted by atomic mass is 16.4. The summed E-state index contributed by atoms with van der Waals surface area (Å²) < 4.78 is 0. The molecule has 0 radical (unpaired) electrons. The maximum atomic E-state index is 12.7. The van der Waals surface area contributed by atoms with Crippen LogP contribution in [0.2, 0.25) is 0 Å². The predicted molar refractivity (Wildman–Crippen MR) is 82.3 cm³/mol. The van der Waals surface area contributed by atoms with E-state index in [1.165, 1.54) is 0 Å². The van der Waals surface area contributed by atoms with E-state index in [2.05, 4.69) is 0 Å². The van der Waals surface area contributed by atoms with Crippen LogP contribution in [-0.2, 0) is 9.59 Å². The Morgan fingerprint density at radius 2 is 1.76 bits per heavy atom. The second-order valence-electron chi connectivity index (χ2n) is 5.68. The Kier molecular flexibility index (Phi) is 4.46. The minimum absolute atomic E-state index is 0.126. The fraction of sp³-hybridized carbons (Fsp3) is 0.412. The number of allylic oxidation sites excluding steroid dienone is 2. The molecule has 0 fully saturated rings. The molecular weight excluding hydrogens is 266 g/mol. The van der Waals surface area contributed by atoms with Crippen molar-refractivity contribution in [3.63, 3.8) is 0 Å². The number of carbonyl (C=O) groups excluding carboxylic acids is 1. The van der Waals surface area contributed by atoms with Gasteiger partial charge < -0.3 is 10.0 Å². The van der Waals surface area contributed by atoms with E-state index in [4.69, 9.17) is 0 Å². The Hall–Kier alpha value is -2.10. The third kappa shape index (κ3) is 3.15. The first-order valence-corrected chi connectivity index (χ1v) is 7.14. The van der Waals surface area contributed by atoms with E-state index in [0.717, 1.165) is 16.8 Å². The zero-order valence-corrected chi connectivity index (χ0v) is 12.7. The van der Waals surface area contributed by atoms with Gasteiger partial charge in [0.05, 0.1) is 11.8 Å². The van der Waals surface area contributed by atoms with Crippen LogP contribution in [0.5, 0.6) is 0 Å². The minimum atomic E-state index is -0.897. The number of aliphatic carboxylic acids is 1. The van der Waals surface area contributed by atoms with Gasteiger partial charge >= 0.3 is 5.97 Å². The zero-order chi connectivity index (χ0) is 15.6. The number of aryl methyl sites for hydroxylation is 2. The molecule has 2 rings (SSSR count). The van der Waals surface area contributed by atoms with Gasteiger partial charge in [0.1, 0.15) is 0 Å². The quantitative estimate of drug-likeness (QED) is 0.870. The average Bonchev–Trinajstić information content (AvgIpc) is 2.45. The summed E-state index contributed by atoms with van der Waals surface area (Å²) >= 11 is 0. The molecule has 1 aliphatic rings. The lowest BCUT2D eigenvalue weighted by atomic mass is 9.82. The van der Waals surface area contributed by atoms with E-state index in [1.54, 1.807) is 11.9 Å². The topological polar surface area (TPSA) is 57.6 Å². The summed E-state index contributed by atoms with van der Waals surface area (Å²) in [5.41, 5.74) is 2.99. The van der Waals surface area contributed by atoms with Gasteiger partial charge in [0.15, 0.2) is 0 Å². The van der Waals surface area contributed by atoms with Crippen LogP contribution in [0.4, 0.5) is 5.69 Å². The number of nitrogens with zero attached hydrogens (tertiary/aromatic N) is 1.